The smallest absolute Gasteiger partial charge is 0.328 e. The zero-order chi connectivity index (χ0) is 17.1. The van der Waals surface area contributed by atoms with E-state index >= 15 is 0 Å². The minimum atomic E-state index is -0.708. The molecule has 0 aliphatic heterocycles. The van der Waals surface area contributed by atoms with E-state index in [-0.39, 0.29) is 17.7 Å². The lowest BCUT2D eigenvalue weighted by atomic mass is 10.0. The number of amides is 2. The summed E-state index contributed by atoms with van der Waals surface area (Å²) in [4.78, 5) is 35.3. The molecule has 0 spiro atoms. The van der Waals surface area contributed by atoms with Gasteiger partial charge in [-0.05, 0) is 31.6 Å². The van der Waals surface area contributed by atoms with Crippen molar-refractivity contribution in [3.63, 3.8) is 0 Å². The number of carbonyl (C=O) groups is 3. The maximum Gasteiger partial charge on any atom is 0.328 e. The van der Waals surface area contributed by atoms with Crippen LogP contribution in [0.1, 0.15) is 46.5 Å². The zero-order valence-electron chi connectivity index (χ0n) is 14.0. The highest BCUT2D eigenvalue weighted by Crippen LogP contribution is 2.08. The van der Waals surface area contributed by atoms with E-state index in [1.165, 1.54) is 14.0 Å². The Kier molecular flexibility index (Phi) is 9.91. The van der Waals surface area contributed by atoms with Gasteiger partial charge in [-0.1, -0.05) is 19.9 Å². The molecule has 0 saturated heterocycles. The van der Waals surface area contributed by atoms with Gasteiger partial charge in [0.05, 0.1) is 7.11 Å². The second kappa shape index (κ2) is 10.8. The van der Waals surface area contributed by atoms with E-state index in [4.69, 9.17) is 4.74 Å². The molecule has 0 aromatic rings. The van der Waals surface area contributed by atoms with Gasteiger partial charge < -0.3 is 15.4 Å². The molecule has 2 N–H and O–H groups in total. The van der Waals surface area contributed by atoms with Gasteiger partial charge >= 0.3 is 5.97 Å². The van der Waals surface area contributed by atoms with E-state index in [1.807, 2.05) is 13.8 Å². The van der Waals surface area contributed by atoms with Crippen LogP contribution in [0.25, 0.3) is 0 Å². The van der Waals surface area contributed by atoms with Crippen molar-refractivity contribution in [2.24, 2.45) is 5.92 Å². The lowest BCUT2D eigenvalue weighted by Gasteiger charge is -2.23. The first kappa shape index (κ1) is 20.1. The molecule has 0 unspecified atom stereocenters. The SMILES string of the molecule is C=CCCC[C@@H](NC(=O)[C@H](CC(C)C)NC(C)=O)C(=O)OC. The minimum Gasteiger partial charge on any atom is -0.467 e. The average Bonchev–Trinajstić information content (AvgIpc) is 2.43. The summed E-state index contributed by atoms with van der Waals surface area (Å²) in [7, 11) is 1.29. The normalized spacial score (nSPS) is 13.1. The molecule has 0 aromatic carbocycles. The Morgan fingerprint density at radius 1 is 1.18 bits per heavy atom. The molecule has 0 aliphatic carbocycles. The molecule has 0 aliphatic rings. The molecule has 6 heteroatoms. The summed E-state index contributed by atoms with van der Waals surface area (Å²) in [6, 6.07) is -1.36. The van der Waals surface area contributed by atoms with Crippen molar-refractivity contribution in [1.82, 2.24) is 10.6 Å². The molecular formula is C16H28N2O4. The molecular weight excluding hydrogens is 284 g/mol. The quantitative estimate of drug-likeness (QED) is 0.364. The molecule has 0 fully saturated rings. The fourth-order valence-corrected chi connectivity index (χ4v) is 2.08. The third kappa shape index (κ3) is 8.44. The van der Waals surface area contributed by atoms with Gasteiger partial charge in [-0.2, -0.15) is 0 Å². The van der Waals surface area contributed by atoms with Gasteiger partial charge in [0, 0.05) is 6.92 Å². The Bertz CT molecular complexity index is 394. The predicted octanol–water partition coefficient (Wildman–Crippen LogP) is 1.55. The van der Waals surface area contributed by atoms with Crippen LogP contribution in [0.3, 0.4) is 0 Å². The third-order valence-electron chi connectivity index (χ3n) is 3.10. The van der Waals surface area contributed by atoms with Crippen molar-refractivity contribution in [3.8, 4) is 0 Å². The number of rotatable bonds is 10. The molecule has 6 nitrogen and oxygen atoms in total. The van der Waals surface area contributed by atoms with E-state index in [0.717, 1.165) is 12.8 Å². The largest absolute Gasteiger partial charge is 0.467 e. The second-order valence-corrected chi connectivity index (χ2v) is 5.69. The van der Waals surface area contributed by atoms with Gasteiger partial charge in [0.1, 0.15) is 12.1 Å². The summed E-state index contributed by atoms with van der Waals surface area (Å²) in [5.74, 6) is -0.886. The second-order valence-electron chi connectivity index (χ2n) is 5.69. The maximum absolute atomic E-state index is 12.3. The predicted molar refractivity (Wildman–Crippen MR) is 85.1 cm³/mol. The van der Waals surface area contributed by atoms with Crippen molar-refractivity contribution < 1.29 is 19.1 Å². The van der Waals surface area contributed by atoms with E-state index in [2.05, 4.69) is 17.2 Å². The van der Waals surface area contributed by atoms with Gasteiger partial charge in [-0.25, -0.2) is 4.79 Å². The minimum absolute atomic E-state index is 0.236. The number of hydrogen-bond donors (Lipinski definition) is 2. The van der Waals surface area contributed by atoms with E-state index in [0.29, 0.717) is 12.8 Å². The fraction of sp³-hybridized carbons (Fsp3) is 0.688. The monoisotopic (exact) mass is 312 g/mol. The zero-order valence-corrected chi connectivity index (χ0v) is 14.0. The van der Waals surface area contributed by atoms with Gasteiger partial charge in [0.25, 0.3) is 0 Å². The molecule has 0 saturated carbocycles. The number of methoxy groups -OCH3 is 1. The molecule has 0 radical (unpaired) electrons. The van der Waals surface area contributed by atoms with Crippen molar-refractivity contribution in [3.05, 3.63) is 12.7 Å². The number of nitrogens with one attached hydrogen (secondary N) is 2. The molecule has 2 amide bonds. The lowest BCUT2D eigenvalue weighted by Crippen LogP contribution is -2.51. The Morgan fingerprint density at radius 3 is 2.27 bits per heavy atom. The Morgan fingerprint density at radius 2 is 1.82 bits per heavy atom. The number of carbonyl (C=O) groups excluding carboxylic acids is 3. The van der Waals surface area contributed by atoms with Crippen LogP contribution in [-0.2, 0) is 19.1 Å². The van der Waals surface area contributed by atoms with E-state index in [1.54, 1.807) is 6.08 Å². The topological polar surface area (TPSA) is 84.5 Å². The van der Waals surface area contributed by atoms with Crippen molar-refractivity contribution in [1.29, 1.82) is 0 Å². The summed E-state index contributed by atoms with van der Waals surface area (Å²) in [5.41, 5.74) is 0. The summed E-state index contributed by atoms with van der Waals surface area (Å²) >= 11 is 0. The number of ether oxygens (including phenoxy) is 1. The van der Waals surface area contributed by atoms with Gasteiger partial charge in [0.2, 0.25) is 11.8 Å². The Hall–Kier alpha value is -1.85. The van der Waals surface area contributed by atoms with Crippen LogP contribution in [0.5, 0.6) is 0 Å². The number of allylic oxidation sites excluding steroid dienone is 1. The summed E-state index contributed by atoms with van der Waals surface area (Å²) in [6.07, 6.45) is 4.21. The molecule has 0 rings (SSSR count). The first-order valence-corrected chi connectivity index (χ1v) is 7.58. The van der Waals surface area contributed by atoms with Crippen LogP contribution >= 0.6 is 0 Å². The highest BCUT2D eigenvalue weighted by atomic mass is 16.5. The standard InChI is InChI=1S/C16H28N2O4/c1-6-7-8-9-13(16(21)22-5)18-15(20)14(10-11(2)3)17-12(4)19/h6,11,13-14H,1,7-10H2,2-5H3,(H,17,19)(H,18,20)/t13-,14+/m1/s1. The van der Waals surface area contributed by atoms with Crippen molar-refractivity contribution >= 4 is 17.8 Å². The molecule has 0 heterocycles. The van der Waals surface area contributed by atoms with Crippen LogP contribution < -0.4 is 10.6 Å². The Labute approximate surface area is 132 Å². The Balaban J connectivity index is 4.81. The maximum atomic E-state index is 12.3. The molecule has 0 bridgehead atoms. The van der Waals surface area contributed by atoms with E-state index in [9.17, 15) is 14.4 Å². The molecule has 126 valence electrons. The van der Waals surface area contributed by atoms with E-state index < -0.39 is 18.1 Å². The van der Waals surface area contributed by atoms with Crippen LogP contribution in [-0.4, -0.2) is 37.0 Å². The number of hydrogen-bond acceptors (Lipinski definition) is 4. The number of unbranched alkanes of at least 4 members (excludes halogenated alkanes) is 1. The lowest BCUT2D eigenvalue weighted by molar-refractivity contribution is -0.145. The van der Waals surface area contributed by atoms with Crippen LogP contribution in [0.4, 0.5) is 0 Å². The van der Waals surface area contributed by atoms with Crippen LogP contribution in [0.15, 0.2) is 12.7 Å². The molecule has 22 heavy (non-hydrogen) atoms. The van der Waals surface area contributed by atoms with Crippen LogP contribution in [0, 0.1) is 5.92 Å². The van der Waals surface area contributed by atoms with Gasteiger partial charge in [-0.3, -0.25) is 9.59 Å². The van der Waals surface area contributed by atoms with Crippen LogP contribution in [0.2, 0.25) is 0 Å². The fourth-order valence-electron chi connectivity index (χ4n) is 2.08. The number of esters is 1. The third-order valence-corrected chi connectivity index (χ3v) is 3.10. The highest BCUT2D eigenvalue weighted by Gasteiger charge is 2.26. The average molecular weight is 312 g/mol. The first-order valence-electron chi connectivity index (χ1n) is 7.58. The summed E-state index contributed by atoms with van der Waals surface area (Å²) < 4.78 is 4.72. The summed E-state index contributed by atoms with van der Waals surface area (Å²) in [6.45, 7) is 8.91. The van der Waals surface area contributed by atoms with Crippen molar-refractivity contribution in [2.75, 3.05) is 7.11 Å². The molecule has 2 atom stereocenters. The van der Waals surface area contributed by atoms with Crippen molar-refractivity contribution in [2.45, 2.75) is 58.5 Å². The summed E-state index contributed by atoms with van der Waals surface area (Å²) in [5, 5.41) is 5.30. The first-order chi connectivity index (χ1) is 10.3. The molecule has 0 aromatic heterocycles. The van der Waals surface area contributed by atoms with Gasteiger partial charge in [0.15, 0.2) is 0 Å². The van der Waals surface area contributed by atoms with Gasteiger partial charge in [-0.15, -0.1) is 6.58 Å². The highest BCUT2D eigenvalue weighted by molar-refractivity contribution is 5.90.